The zero-order valence-corrected chi connectivity index (χ0v) is 13.8. The van der Waals surface area contributed by atoms with Gasteiger partial charge in [0.15, 0.2) is 0 Å². The van der Waals surface area contributed by atoms with Crippen molar-refractivity contribution in [3.05, 3.63) is 57.8 Å². The number of rotatable bonds is 4. The van der Waals surface area contributed by atoms with E-state index < -0.39 is 12.0 Å². The van der Waals surface area contributed by atoms with Crippen molar-refractivity contribution < 1.29 is 14.7 Å². The molecule has 1 amide bonds. The molecular weight excluding hydrogens is 310 g/mol. The van der Waals surface area contributed by atoms with E-state index in [9.17, 15) is 14.7 Å². The highest BCUT2D eigenvalue weighted by Crippen LogP contribution is 2.26. The second-order valence-electron chi connectivity index (χ2n) is 5.98. The van der Waals surface area contributed by atoms with Gasteiger partial charge in [0.05, 0.1) is 0 Å². The van der Waals surface area contributed by atoms with Gasteiger partial charge < -0.3 is 10.0 Å². The maximum Gasteiger partial charge on any atom is 0.326 e. The summed E-state index contributed by atoms with van der Waals surface area (Å²) in [7, 11) is 0. The van der Waals surface area contributed by atoms with Gasteiger partial charge in [0.1, 0.15) is 6.04 Å². The number of thiophene rings is 1. The average molecular weight is 329 g/mol. The van der Waals surface area contributed by atoms with Crippen molar-refractivity contribution in [3.8, 4) is 0 Å². The Morgan fingerprint density at radius 1 is 1.26 bits per heavy atom. The van der Waals surface area contributed by atoms with Crippen molar-refractivity contribution in [2.75, 3.05) is 0 Å². The minimum absolute atomic E-state index is 0.0831. The second-order valence-corrected chi connectivity index (χ2v) is 7.01. The molecule has 0 radical (unpaired) electrons. The number of carbonyl (C=O) groups excluding carboxylic acids is 1. The Bertz CT molecular complexity index is 711. The quantitative estimate of drug-likeness (QED) is 0.938. The third kappa shape index (κ3) is 3.29. The van der Waals surface area contributed by atoms with E-state index in [0.29, 0.717) is 19.4 Å². The van der Waals surface area contributed by atoms with E-state index in [0.717, 1.165) is 16.0 Å². The third-order valence-corrected chi connectivity index (χ3v) is 5.22. The molecule has 0 saturated heterocycles. The van der Waals surface area contributed by atoms with Gasteiger partial charge in [-0.1, -0.05) is 37.3 Å². The van der Waals surface area contributed by atoms with Crippen LogP contribution in [0.3, 0.4) is 0 Å². The zero-order chi connectivity index (χ0) is 16.4. The first-order valence-corrected chi connectivity index (χ1v) is 8.56. The minimum Gasteiger partial charge on any atom is -0.480 e. The molecule has 0 fully saturated rings. The number of carboxylic acids is 1. The first-order valence-electron chi connectivity index (χ1n) is 7.68. The van der Waals surface area contributed by atoms with E-state index in [4.69, 9.17) is 0 Å². The Morgan fingerprint density at radius 3 is 2.65 bits per heavy atom. The topological polar surface area (TPSA) is 57.6 Å². The summed E-state index contributed by atoms with van der Waals surface area (Å²) in [4.78, 5) is 27.1. The van der Waals surface area contributed by atoms with E-state index in [2.05, 4.69) is 0 Å². The molecule has 1 aliphatic heterocycles. The molecule has 2 aromatic rings. The Balaban J connectivity index is 1.81. The highest BCUT2D eigenvalue weighted by Gasteiger charge is 2.36. The standard InChI is InChI=1S/C18H19NO3S/c1-12(9-15-7-4-8-23-15)17(20)19-11-14-6-3-2-5-13(14)10-16(19)18(21)22/h2-8,12,16H,9-11H2,1H3,(H,21,22)/t12-,16+/m0/s1. The normalized spacial score (nSPS) is 18.3. The maximum atomic E-state index is 12.8. The molecule has 1 aliphatic rings. The number of nitrogens with zero attached hydrogens (tertiary/aromatic N) is 1. The number of hydrogen-bond acceptors (Lipinski definition) is 3. The van der Waals surface area contributed by atoms with E-state index in [1.54, 1.807) is 11.3 Å². The fourth-order valence-electron chi connectivity index (χ4n) is 3.08. The van der Waals surface area contributed by atoms with Crippen molar-refractivity contribution >= 4 is 23.2 Å². The molecule has 1 aromatic carbocycles. The minimum atomic E-state index is -0.934. The second kappa shape index (κ2) is 6.54. The van der Waals surface area contributed by atoms with Gasteiger partial charge in [0, 0.05) is 23.8 Å². The molecule has 0 spiro atoms. The van der Waals surface area contributed by atoms with Gasteiger partial charge in [0.25, 0.3) is 0 Å². The van der Waals surface area contributed by atoms with Crippen molar-refractivity contribution in [2.24, 2.45) is 5.92 Å². The summed E-state index contributed by atoms with van der Waals surface area (Å²) in [5, 5.41) is 11.5. The lowest BCUT2D eigenvalue weighted by Crippen LogP contribution is -2.50. The molecule has 0 unspecified atom stereocenters. The van der Waals surface area contributed by atoms with Crippen LogP contribution in [0.15, 0.2) is 41.8 Å². The van der Waals surface area contributed by atoms with Gasteiger partial charge in [-0.05, 0) is 29.0 Å². The van der Waals surface area contributed by atoms with Gasteiger partial charge in [-0.2, -0.15) is 0 Å². The summed E-state index contributed by atoms with van der Waals surface area (Å²) >= 11 is 1.62. The fraction of sp³-hybridized carbons (Fsp3) is 0.333. The van der Waals surface area contributed by atoms with Gasteiger partial charge in [-0.25, -0.2) is 4.79 Å². The molecule has 1 aromatic heterocycles. The maximum absolute atomic E-state index is 12.8. The van der Waals surface area contributed by atoms with Crippen LogP contribution in [0.25, 0.3) is 0 Å². The third-order valence-electron chi connectivity index (χ3n) is 4.33. The highest BCUT2D eigenvalue weighted by molar-refractivity contribution is 7.09. The highest BCUT2D eigenvalue weighted by atomic mass is 32.1. The summed E-state index contributed by atoms with van der Waals surface area (Å²) in [6.07, 6.45) is 1.03. The van der Waals surface area contributed by atoms with Crippen LogP contribution in [0.4, 0.5) is 0 Å². The summed E-state index contributed by atoms with van der Waals surface area (Å²) in [6.45, 7) is 2.25. The largest absolute Gasteiger partial charge is 0.480 e. The van der Waals surface area contributed by atoms with Crippen LogP contribution in [0, 0.1) is 5.92 Å². The lowest BCUT2D eigenvalue weighted by Gasteiger charge is -2.36. The Labute approximate surface area is 139 Å². The molecule has 120 valence electrons. The van der Waals surface area contributed by atoms with Crippen molar-refractivity contribution in [1.29, 1.82) is 0 Å². The lowest BCUT2D eigenvalue weighted by molar-refractivity contribution is -0.153. The smallest absolute Gasteiger partial charge is 0.326 e. The van der Waals surface area contributed by atoms with Crippen LogP contribution >= 0.6 is 11.3 Å². The molecule has 0 aliphatic carbocycles. The molecule has 4 nitrogen and oxygen atoms in total. The molecule has 2 atom stereocenters. The van der Waals surface area contributed by atoms with Crippen molar-refractivity contribution in [3.63, 3.8) is 0 Å². The molecule has 3 rings (SSSR count). The van der Waals surface area contributed by atoms with Crippen LogP contribution in [0.2, 0.25) is 0 Å². The lowest BCUT2D eigenvalue weighted by atomic mass is 9.92. The average Bonchev–Trinajstić information content (AvgIpc) is 3.05. The molecule has 0 bridgehead atoms. The Kier molecular flexibility index (Phi) is 4.48. The Hall–Kier alpha value is -2.14. The van der Waals surface area contributed by atoms with E-state index in [-0.39, 0.29) is 11.8 Å². The monoisotopic (exact) mass is 329 g/mol. The van der Waals surface area contributed by atoms with Crippen LogP contribution in [0.1, 0.15) is 22.9 Å². The molecule has 2 heterocycles. The number of amides is 1. The van der Waals surface area contributed by atoms with Crippen LogP contribution in [-0.2, 0) is 29.0 Å². The summed E-state index contributed by atoms with van der Waals surface area (Å²) in [6, 6.07) is 11.0. The number of fused-ring (bicyclic) bond motifs is 1. The molecule has 5 heteroatoms. The number of benzene rings is 1. The van der Waals surface area contributed by atoms with Crippen LogP contribution < -0.4 is 0 Å². The SMILES string of the molecule is C[C@@H](Cc1cccs1)C(=O)N1Cc2ccccc2C[C@@H]1C(=O)O. The van der Waals surface area contributed by atoms with Gasteiger partial charge >= 0.3 is 5.97 Å². The van der Waals surface area contributed by atoms with Gasteiger partial charge in [-0.3, -0.25) is 4.79 Å². The van der Waals surface area contributed by atoms with Crippen LogP contribution in [0.5, 0.6) is 0 Å². The van der Waals surface area contributed by atoms with E-state index in [1.165, 1.54) is 4.90 Å². The summed E-state index contributed by atoms with van der Waals surface area (Å²) < 4.78 is 0. The summed E-state index contributed by atoms with van der Waals surface area (Å²) in [5.41, 5.74) is 2.07. The number of hydrogen-bond donors (Lipinski definition) is 1. The molecule has 23 heavy (non-hydrogen) atoms. The van der Waals surface area contributed by atoms with Gasteiger partial charge in [0.2, 0.25) is 5.91 Å². The van der Waals surface area contributed by atoms with Crippen LogP contribution in [-0.4, -0.2) is 27.9 Å². The first kappa shape index (κ1) is 15.7. The number of carboxylic acid groups (broad SMARTS) is 1. The molecule has 1 N–H and O–H groups in total. The predicted octanol–water partition coefficient (Wildman–Crippen LogP) is 2.96. The van der Waals surface area contributed by atoms with E-state index in [1.807, 2.05) is 48.7 Å². The predicted molar refractivity (Wildman–Crippen MR) is 89.3 cm³/mol. The van der Waals surface area contributed by atoms with Crippen molar-refractivity contribution in [2.45, 2.75) is 32.4 Å². The fourth-order valence-corrected chi connectivity index (χ4v) is 3.91. The van der Waals surface area contributed by atoms with E-state index >= 15 is 0 Å². The number of carbonyl (C=O) groups is 2. The van der Waals surface area contributed by atoms with Gasteiger partial charge in [-0.15, -0.1) is 11.3 Å². The summed E-state index contributed by atoms with van der Waals surface area (Å²) in [5.74, 6) is -1.24. The Morgan fingerprint density at radius 2 is 2.00 bits per heavy atom. The zero-order valence-electron chi connectivity index (χ0n) is 12.9. The van der Waals surface area contributed by atoms with Crippen molar-refractivity contribution in [1.82, 2.24) is 4.90 Å². The number of aliphatic carboxylic acids is 1. The molecular formula is C18H19NO3S. The first-order chi connectivity index (χ1) is 11.1. The molecule has 0 saturated carbocycles.